The number of imidazole rings is 1. The van der Waals surface area contributed by atoms with Crippen molar-refractivity contribution in [1.82, 2.24) is 31.0 Å². The van der Waals surface area contributed by atoms with E-state index in [1.54, 1.807) is 42.6 Å². The predicted octanol–water partition coefficient (Wildman–Crippen LogP) is 5.84. The van der Waals surface area contributed by atoms with Crippen LogP contribution in [0.2, 0.25) is 0 Å². The van der Waals surface area contributed by atoms with Gasteiger partial charge in [-0.05, 0) is 53.9 Å². The first-order valence-electron chi connectivity index (χ1n) is 19.9. The highest BCUT2D eigenvalue weighted by Gasteiger charge is 2.32. The summed E-state index contributed by atoms with van der Waals surface area (Å²) in [5.74, 6) is -1.54. The number of ether oxygens (including phenoxy) is 1. The van der Waals surface area contributed by atoms with Crippen LogP contribution in [-0.2, 0) is 38.5 Å². The number of hydroxylamine groups is 2. The van der Waals surface area contributed by atoms with Crippen molar-refractivity contribution in [2.24, 2.45) is 0 Å². The Morgan fingerprint density at radius 1 is 0.719 bits per heavy atom. The number of unbranched alkanes of at least 4 members (excludes halogenated alkanes) is 8. The summed E-state index contributed by atoms with van der Waals surface area (Å²) in [7, 11) is 2.80. The number of phenolic OH excluding ortho intramolecular Hbond substituents is 1. The number of rotatable bonds is 25. The standard InChI is InChI=1S/C44H58N6O7/c1-4-5-6-7-8-9-10-11-15-26-57-37-24-20-34(21-25-37)41(52)47-39(29-35-30-45-31-46-35)43(54)48-38(27-33-18-22-36(51)23-19-33)42(53)49-40(44(55)50(2)56-3)28-32-16-13-12-14-17-32/h12-14,16-25,30-31,38-40,51H,4-11,15,26-29H2,1-3H3,(H,45,46)(H,47,52)(H,48,54)(H,49,53)/t38-,39-,40-/m0/s1. The minimum atomic E-state index is -1.18. The molecule has 0 fully saturated rings. The van der Waals surface area contributed by atoms with Crippen LogP contribution in [0.5, 0.6) is 11.5 Å². The first-order chi connectivity index (χ1) is 27.7. The number of phenols is 1. The topological polar surface area (TPSA) is 175 Å². The Bertz CT molecular complexity index is 1790. The Hall–Kier alpha value is -5.69. The van der Waals surface area contributed by atoms with Gasteiger partial charge in [-0.3, -0.25) is 24.0 Å². The molecule has 1 heterocycles. The van der Waals surface area contributed by atoms with Gasteiger partial charge in [0.25, 0.3) is 11.8 Å². The Morgan fingerprint density at radius 2 is 1.30 bits per heavy atom. The quantitative estimate of drug-likeness (QED) is 0.0412. The van der Waals surface area contributed by atoms with Crippen molar-refractivity contribution in [3.05, 3.63) is 114 Å². The molecule has 57 heavy (non-hydrogen) atoms. The highest BCUT2D eigenvalue weighted by Crippen LogP contribution is 2.16. The number of hydrogen-bond donors (Lipinski definition) is 5. The molecule has 0 aliphatic rings. The van der Waals surface area contributed by atoms with E-state index in [0.717, 1.165) is 23.5 Å². The summed E-state index contributed by atoms with van der Waals surface area (Å²) in [5.41, 5.74) is 2.37. The van der Waals surface area contributed by atoms with Crippen molar-refractivity contribution in [3.8, 4) is 11.5 Å². The van der Waals surface area contributed by atoms with E-state index in [0.29, 0.717) is 29.2 Å². The van der Waals surface area contributed by atoms with Crippen molar-refractivity contribution in [2.45, 2.75) is 102 Å². The summed E-state index contributed by atoms with van der Waals surface area (Å²) < 4.78 is 5.92. The van der Waals surface area contributed by atoms with Gasteiger partial charge in [0, 0.05) is 43.8 Å². The number of hydrogen-bond acceptors (Lipinski definition) is 8. The van der Waals surface area contributed by atoms with Gasteiger partial charge in [0.15, 0.2) is 0 Å². The fourth-order valence-electron chi connectivity index (χ4n) is 6.35. The number of aromatic hydroxyl groups is 1. The van der Waals surface area contributed by atoms with E-state index in [1.165, 1.54) is 77.6 Å². The van der Waals surface area contributed by atoms with E-state index < -0.39 is 41.8 Å². The van der Waals surface area contributed by atoms with Gasteiger partial charge in [-0.15, -0.1) is 0 Å². The molecule has 1 aromatic heterocycles. The van der Waals surface area contributed by atoms with Gasteiger partial charge < -0.3 is 30.8 Å². The van der Waals surface area contributed by atoms with Gasteiger partial charge in [-0.2, -0.15) is 0 Å². The number of benzene rings is 3. The first-order valence-corrected chi connectivity index (χ1v) is 19.9. The fourth-order valence-corrected chi connectivity index (χ4v) is 6.35. The zero-order valence-electron chi connectivity index (χ0n) is 33.4. The normalized spacial score (nSPS) is 12.5. The number of carbonyl (C=O) groups excluding carboxylic acids is 4. The molecule has 13 heteroatoms. The number of carbonyl (C=O) groups is 4. The molecule has 0 saturated carbocycles. The lowest BCUT2D eigenvalue weighted by molar-refractivity contribution is -0.171. The molecular weight excluding hydrogens is 725 g/mol. The second kappa shape index (κ2) is 24.1. The molecule has 3 aromatic carbocycles. The maximum atomic E-state index is 14.1. The van der Waals surface area contributed by atoms with Crippen LogP contribution in [0.15, 0.2) is 91.4 Å². The van der Waals surface area contributed by atoms with Crippen LogP contribution >= 0.6 is 0 Å². The molecule has 0 unspecified atom stereocenters. The van der Waals surface area contributed by atoms with Crippen LogP contribution in [0.4, 0.5) is 0 Å². The van der Waals surface area contributed by atoms with Crippen molar-refractivity contribution in [1.29, 1.82) is 0 Å². The summed E-state index contributed by atoms with van der Waals surface area (Å²) in [6.45, 7) is 2.82. The lowest BCUT2D eigenvalue weighted by Crippen LogP contribution is -2.58. The first kappa shape index (κ1) is 44.0. The van der Waals surface area contributed by atoms with Crippen LogP contribution in [-0.4, -0.2) is 82.7 Å². The Balaban J connectivity index is 1.44. The Morgan fingerprint density at radius 3 is 1.91 bits per heavy atom. The van der Waals surface area contributed by atoms with Crippen LogP contribution in [0.1, 0.15) is 91.9 Å². The highest BCUT2D eigenvalue weighted by molar-refractivity contribution is 5.99. The van der Waals surface area contributed by atoms with E-state index in [-0.39, 0.29) is 25.0 Å². The summed E-state index contributed by atoms with van der Waals surface area (Å²) in [5, 5.41) is 19.4. The lowest BCUT2D eigenvalue weighted by Gasteiger charge is -2.27. The summed E-state index contributed by atoms with van der Waals surface area (Å²) >= 11 is 0. The molecule has 0 radical (unpaired) electrons. The van der Waals surface area contributed by atoms with Crippen molar-refractivity contribution < 1.29 is 33.9 Å². The number of nitrogens with zero attached hydrogens (tertiary/aromatic N) is 2. The highest BCUT2D eigenvalue weighted by atomic mass is 16.7. The average Bonchev–Trinajstić information content (AvgIpc) is 3.74. The largest absolute Gasteiger partial charge is 0.508 e. The number of aromatic amines is 1. The average molecular weight is 783 g/mol. The molecule has 13 nitrogen and oxygen atoms in total. The van der Waals surface area contributed by atoms with Gasteiger partial charge in [0.05, 0.1) is 20.0 Å². The van der Waals surface area contributed by atoms with E-state index in [4.69, 9.17) is 9.57 Å². The zero-order chi connectivity index (χ0) is 40.8. The van der Waals surface area contributed by atoms with E-state index in [1.807, 2.05) is 30.3 Å². The molecule has 5 N–H and O–H groups in total. The number of aromatic nitrogens is 2. The van der Waals surface area contributed by atoms with Crippen molar-refractivity contribution in [2.75, 3.05) is 20.8 Å². The van der Waals surface area contributed by atoms with E-state index >= 15 is 0 Å². The number of H-pyrrole nitrogens is 1. The second-order valence-electron chi connectivity index (χ2n) is 14.2. The molecule has 3 atom stereocenters. The predicted molar refractivity (Wildman–Crippen MR) is 218 cm³/mol. The molecule has 0 aliphatic heterocycles. The van der Waals surface area contributed by atoms with Crippen LogP contribution < -0.4 is 20.7 Å². The summed E-state index contributed by atoms with van der Waals surface area (Å²) in [6.07, 6.45) is 14.3. The molecular formula is C44H58N6O7. The summed E-state index contributed by atoms with van der Waals surface area (Å²) in [6, 6.07) is 18.9. The van der Waals surface area contributed by atoms with Crippen LogP contribution in [0.3, 0.4) is 0 Å². The van der Waals surface area contributed by atoms with Crippen molar-refractivity contribution >= 4 is 23.6 Å². The van der Waals surface area contributed by atoms with Gasteiger partial charge in [0.1, 0.15) is 29.6 Å². The SMILES string of the molecule is CCCCCCCCCCCOc1ccc(C(=O)N[C@@H](Cc2cnc[nH]2)C(=O)N[C@@H](Cc2ccc(O)cc2)C(=O)N[C@@H](Cc2ccccc2)C(=O)N(C)OC)cc1. The smallest absolute Gasteiger partial charge is 0.268 e. The van der Waals surface area contributed by atoms with Crippen molar-refractivity contribution in [3.63, 3.8) is 0 Å². The second-order valence-corrected chi connectivity index (χ2v) is 14.2. The third kappa shape index (κ3) is 15.4. The maximum Gasteiger partial charge on any atom is 0.268 e. The number of nitrogens with one attached hydrogen (secondary N) is 4. The number of amides is 4. The fraction of sp³-hybridized carbons (Fsp3) is 0.432. The van der Waals surface area contributed by atoms with Crippen LogP contribution in [0, 0.1) is 0 Å². The molecule has 306 valence electrons. The minimum Gasteiger partial charge on any atom is -0.508 e. The van der Waals surface area contributed by atoms with Gasteiger partial charge in [-0.25, -0.2) is 10.0 Å². The monoisotopic (exact) mass is 782 g/mol. The van der Waals surface area contributed by atoms with Crippen LogP contribution in [0.25, 0.3) is 0 Å². The van der Waals surface area contributed by atoms with Gasteiger partial charge in [0.2, 0.25) is 11.8 Å². The third-order valence-corrected chi connectivity index (χ3v) is 9.72. The Labute approximate surface area is 335 Å². The molecule has 0 aliphatic carbocycles. The van der Waals surface area contributed by atoms with Gasteiger partial charge in [-0.1, -0.05) is 101 Å². The van der Waals surface area contributed by atoms with E-state index in [9.17, 15) is 24.3 Å². The Kier molecular flexibility index (Phi) is 18.6. The molecule has 0 spiro atoms. The molecule has 4 rings (SSSR count). The molecule has 4 amide bonds. The maximum absolute atomic E-state index is 14.1. The zero-order valence-corrected chi connectivity index (χ0v) is 33.4. The lowest BCUT2D eigenvalue weighted by atomic mass is 10.0. The summed E-state index contributed by atoms with van der Waals surface area (Å²) in [4.78, 5) is 67.2. The molecule has 0 bridgehead atoms. The molecule has 0 saturated heterocycles. The van der Waals surface area contributed by atoms with E-state index in [2.05, 4.69) is 32.8 Å². The minimum absolute atomic E-state index is 0.0233. The van der Waals surface area contributed by atoms with Gasteiger partial charge >= 0.3 is 0 Å². The third-order valence-electron chi connectivity index (χ3n) is 9.72. The molecule has 4 aromatic rings. The number of likely N-dealkylation sites (N-methyl/N-ethyl adjacent to an activating group) is 1.